The number of allylic oxidation sites excluding steroid dienone is 1. The zero-order valence-electron chi connectivity index (χ0n) is 18.5. The number of likely N-dealkylation sites (N-methyl/N-ethyl adjacent to an activating group) is 2. The molecule has 160 valence electrons. The smallest absolute Gasteiger partial charge is 0.258 e. The molecule has 0 saturated carbocycles. The number of hydrogen-bond acceptors (Lipinski definition) is 5. The third-order valence-corrected chi connectivity index (χ3v) is 6.10. The van der Waals surface area contributed by atoms with E-state index in [0.717, 1.165) is 11.4 Å². The fraction of sp³-hybridized carbons (Fsp3) is 0.320. The van der Waals surface area contributed by atoms with Crippen LogP contribution in [0.5, 0.6) is 0 Å². The summed E-state index contributed by atoms with van der Waals surface area (Å²) in [6.45, 7) is 7.64. The number of carbonyl (C=O) groups excluding carboxylic acids is 1. The second kappa shape index (κ2) is 8.12. The van der Waals surface area contributed by atoms with E-state index < -0.39 is 0 Å². The van der Waals surface area contributed by atoms with Crippen LogP contribution in [0.3, 0.4) is 0 Å². The first-order valence-corrected chi connectivity index (χ1v) is 10.6. The zero-order valence-corrected chi connectivity index (χ0v) is 18.5. The summed E-state index contributed by atoms with van der Waals surface area (Å²) < 4.78 is 0. The molecule has 2 heterocycles. The van der Waals surface area contributed by atoms with Crippen molar-refractivity contribution >= 4 is 22.4 Å². The molecule has 0 atom stereocenters. The van der Waals surface area contributed by atoms with E-state index in [-0.39, 0.29) is 23.3 Å². The van der Waals surface area contributed by atoms with E-state index in [0.29, 0.717) is 29.8 Å². The minimum Gasteiger partial charge on any atom is -0.347 e. The summed E-state index contributed by atoms with van der Waals surface area (Å²) in [5, 5.41) is 0.571. The van der Waals surface area contributed by atoms with Gasteiger partial charge in [0.25, 0.3) is 5.56 Å². The van der Waals surface area contributed by atoms with Gasteiger partial charge in [0.15, 0.2) is 5.78 Å². The van der Waals surface area contributed by atoms with Gasteiger partial charge >= 0.3 is 0 Å². The number of para-hydroxylation sites is 2. The maximum absolute atomic E-state index is 13.0. The summed E-state index contributed by atoms with van der Waals surface area (Å²) in [7, 11) is 2.01. The van der Waals surface area contributed by atoms with Crippen molar-refractivity contribution in [2.75, 3.05) is 25.0 Å². The number of ketones is 1. The van der Waals surface area contributed by atoms with Gasteiger partial charge in [0, 0.05) is 29.9 Å². The number of anilines is 1. The summed E-state index contributed by atoms with van der Waals surface area (Å²) in [6.07, 6.45) is 1.76. The Bertz CT molecular complexity index is 1230. The van der Waals surface area contributed by atoms with E-state index in [1.165, 1.54) is 5.56 Å². The van der Waals surface area contributed by atoms with Gasteiger partial charge in [-0.15, -0.1) is 0 Å². The number of aromatic nitrogens is 2. The first-order chi connectivity index (χ1) is 14.8. The molecule has 0 amide bonds. The standard InChI is InChI=1S/C25H28N4O2/c1-5-29(16-23-26-20-12-8-6-10-18(20)24(31)27-23)15-17(30)14-22-25(2,3)19-11-7-9-13-21(19)28(22)4/h6-14H,5,15-16H2,1-4H3,(H,26,27,31)/b22-14-. The Kier molecular flexibility index (Phi) is 5.50. The summed E-state index contributed by atoms with van der Waals surface area (Å²) in [5.41, 5.74) is 3.63. The molecule has 0 fully saturated rings. The van der Waals surface area contributed by atoms with Crippen LogP contribution in [-0.2, 0) is 16.8 Å². The largest absolute Gasteiger partial charge is 0.347 e. The quantitative estimate of drug-likeness (QED) is 0.622. The number of nitrogens with zero attached hydrogens (tertiary/aromatic N) is 3. The number of nitrogens with one attached hydrogen (secondary N) is 1. The summed E-state index contributed by atoms with van der Waals surface area (Å²) >= 11 is 0. The van der Waals surface area contributed by atoms with Crippen LogP contribution >= 0.6 is 0 Å². The lowest BCUT2D eigenvalue weighted by Gasteiger charge is -2.24. The second-order valence-corrected chi connectivity index (χ2v) is 8.53. The monoisotopic (exact) mass is 416 g/mol. The highest BCUT2D eigenvalue weighted by atomic mass is 16.1. The maximum Gasteiger partial charge on any atom is 0.258 e. The SMILES string of the molecule is CCN(CC(=O)/C=C1\N(C)c2ccccc2C1(C)C)Cc1nc2ccccc2c(=O)[nH]1. The van der Waals surface area contributed by atoms with Crippen molar-refractivity contribution in [1.29, 1.82) is 0 Å². The van der Waals surface area contributed by atoms with Crippen LogP contribution < -0.4 is 10.5 Å². The molecule has 0 aliphatic carbocycles. The van der Waals surface area contributed by atoms with Gasteiger partial charge in [0.2, 0.25) is 0 Å². The zero-order chi connectivity index (χ0) is 22.2. The molecule has 31 heavy (non-hydrogen) atoms. The number of benzene rings is 2. The van der Waals surface area contributed by atoms with Gasteiger partial charge in [0.1, 0.15) is 5.82 Å². The molecule has 1 aliphatic rings. The minimum absolute atomic E-state index is 0.0349. The van der Waals surface area contributed by atoms with Gasteiger partial charge in [-0.3, -0.25) is 14.5 Å². The molecule has 0 bridgehead atoms. The fourth-order valence-corrected chi connectivity index (χ4v) is 4.38. The summed E-state index contributed by atoms with van der Waals surface area (Å²) in [4.78, 5) is 36.8. The van der Waals surface area contributed by atoms with Crippen LogP contribution in [0.4, 0.5) is 5.69 Å². The maximum atomic E-state index is 13.0. The molecule has 0 saturated heterocycles. The van der Waals surface area contributed by atoms with Crippen molar-refractivity contribution in [3.05, 3.63) is 82.0 Å². The predicted octanol–water partition coefficient (Wildman–Crippen LogP) is 3.63. The highest BCUT2D eigenvalue weighted by molar-refractivity contribution is 5.94. The molecule has 6 heteroatoms. The third-order valence-electron chi connectivity index (χ3n) is 6.10. The topological polar surface area (TPSA) is 69.3 Å². The van der Waals surface area contributed by atoms with Crippen LogP contribution in [0, 0.1) is 0 Å². The van der Waals surface area contributed by atoms with Crippen LogP contribution in [0.25, 0.3) is 10.9 Å². The van der Waals surface area contributed by atoms with Crippen LogP contribution in [0.15, 0.2) is 65.1 Å². The number of fused-ring (bicyclic) bond motifs is 2. The van der Waals surface area contributed by atoms with E-state index in [1.54, 1.807) is 12.1 Å². The summed E-state index contributed by atoms with van der Waals surface area (Å²) in [5.74, 6) is 0.601. The Labute approximate surface area is 182 Å². The molecule has 6 nitrogen and oxygen atoms in total. The van der Waals surface area contributed by atoms with Crippen molar-refractivity contribution in [2.45, 2.75) is 32.7 Å². The average molecular weight is 417 g/mol. The Morgan fingerprint density at radius 1 is 1.16 bits per heavy atom. The number of H-pyrrole nitrogens is 1. The fourth-order valence-electron chi connectivity index (χ4n) is 4.38. The molecule has 3 aromatic rings. The highest BCUT2D eigenvalue weighted by Crippen LogP contribution is 2.46. The first kappa shape index (κ1) is 21.0. The lowest BCUT2D eigenvalue weighted by Crippen LogP contribution is -2.31. The van der Waals surface area contributed by atoms with E-state index >= 15 is 0 Å². The van der Waals surface area contributed by atoms with Gasteiger partial charge in [-0.25, -0.2) is 4.98 Å². The third kappa shape index (κ3) is 3.91. The van der Waals surface area contributed by atoms with Crippen molar-refractivity contribution in [2.24, 2.45) is 0 Å². The van der Waals surface area contributed by atoms with E-state index in [9.17, 15) is 9.59 Å². The van der Waals surface area contributed by atoms with Gasteiger partial charge in [-0.2, -0.15) is 0 Å². The molecule has 1 N–H and O–H groups in total. The minimum atomic E-state index is -0.233. The van der Waals surface area contributed by atoms with Crippen molar-refractivity contribution in [1.82, 2.24) is 14.9 Å². The predicted molar refractivity (Wildman–Crippen MR) is 124 cm³/mol. The average Bonchev–Trinajstić information content (AvgIpc) is 2.94. The molecule has 4 rings (SSSR count). The lowest BCUT2D eigenvalue weighted by molar-refractivity contribution is -0.115. The number of carbonyl (C=O) groups is 1. The Morgan fingerprint density at radius 3 is 2.61 bits per heavy atom. The van der Waals surface area contributed by atoms with Crippen molar-refractivity contribution in [3.8, 4) is 0 Å². The van der Waals surface area contributed by atoms with Crippen LogP contribution in [-0.4, -0.2) is 40.8 Å². The van der Waals surface area contributed by atoms with Crippen molar-refractivity contribution < 1.29 is 4.79 Å². The second-order valence-electron chi connectivity index (χ2n) is 8.53. The number of rotatable bonds is 6. The Balaban J connectivity index is 1.53. The Morgan fingerprint density at radius 2 is 1.87 bits per heavy atom. The van der Waals surface area contributed by atoms with E-state index in [1.807, 2.05) is 49.2 Å². The van der Waals surface area contributed by atoms with Gasteiger partial charge in [0.05, 0.1) is 24.0 Å². The van der Waals surface area contributed by atoms with Gasteiger partial charge in [-0.1, -0.05) is 51.1 Å². The number of hydrogen-bond donors (Lipinski definition) is 1. The first-order valence-electron chi connectivity index (χ1n) is 10.6. The molecule has 0 spiro atoms. The molecular weight excluding hydrogens is 388 g/mol. The highest BCUT2D eigenvalue weighted by Gasteiger charge is 2.38. The van der Waals surface area contributed by atoms with E-state index in [4.69, 9.17) is 0 Å². The molecule has 1 aromatic heterocycles. The van der Waals surface area contributed by atoms with Gasteiger partial charge in [-0.05, 0) is 30.3 Å². The van der Waals surface area contributed by atoms with Gasteiger partial charge < -0.3 is 9.88 Å². The normalized spacial score (nSPS) is 16.3. The van der Waals surface area contributed by atoms with E-state index in [2.05, 4.69) is 40.8 Å². The molecule has 1 aliphatic heterocycles. The number of aromatic amines is 1. The Hall–Kier alpha value is -3.25. The molecule has 0 radical (unpaired) electrons. The van der Waals surface area contributed by atoms with Crippen molar-refractivity contribution in [3.63, 3.8) is 0 Å². The molecule has 2 aromatic carbocycles. The van der Waals surface area contributed by atoms with Crippen LogP contribution in [0.1, 0.15) is 32.2 Å². The molecular formula is C25H28N4O2. The van der Waals surface area contributed by atoms with Crippen LogP contribution in [0.2, 0.25) is 0 Å². The molecule has 0 unspecified atom stereocenters. The lowest BCUT2D eigenvalue weighted by atomic mass is 9.83. The summed E-state index contributed by atoms with van der Waals surface area (Å²) in [6, 6.07) is 15.5.